The Labute approximate surface area is 215 Å². The molecule has 0 aliphatic carbocycles. The van der Waals surface area contributed by atoms with Crippen molar-refractivity contribution in [2.24, 2.45) is 0 Å². The highest BCUT2D eigenvalue weighted by atomic mass is 32.2. The molecule has 10 nitrogen and oxygen atoms in total. The van der Waals surface area contributed by atoms with Crippen LogP contribution in [0.1, 0.15) is 31.4 Å². The molecular weight excluding hydrogens is 490 g/mol. The van der Waals surface area contributed by atoms with Crippen molar-refractivity contribution in [3.63, 3.8) is 0 Å². The smallest absolute Gasteiger partial charge is 0.339 e. The number of nitrogens with one attached hydrogen (secondary N) is 1. The topological polar surface area (TPSA) is 140 Å². The number of fused-ring (bicyclic) bond motifs is 1. The Morgan fingerprint density at radius 1 is 1.08 bits per heavy atom. The summed E-state index contributed by atoms with van der Waals surface area (Å²) in [6.45, 7) is 3.82. The average molecular weight is 522 g/mol. The molecule has 0 spiro atoms. The van der Waals surface area contributed by atoms with Crippen molar-refractivity contribution in [2.75, 3.05) is 18.5 Å². The molecule has 0 aliphatic rings. The Kier molecular flexibility index (Phi) is 7.44. The van der Waals surface area contributed by atoms with E-state index in [-0.39, 0.29) is 40.5 Å². The number of nitrogen functional groups attached to an aromatic ring is 1. The minimum atomic E-state index is -3.32. The summed E-state index contributed by atoms with van der Waals surface area (Å²) < 4.78 is 23.5. The van der Waals surface area contributed by atoms with Crippen LogP contribution in [0.2, 0.25) is 0 Å². The highest BCUT2D eigenvalue weighted by Gasteiger charge is 2.28. The zero-order chi connectivity index (χ0) is 26.7. The lowest BCUT2D eigenvalue weighted by Gasteiger charge is -2.25. The van der Waals surface area contributed by atoms with E-state index in [0.29, 0.717) is 12.8 Å². The molecule has 2 aromatic heterocycles. The number of aromatic nitrogens is 4. The van der Waals surface area contributed by atoms with Gasteiger partial charge >= 0.3 is 11.7 Å². The zero-order valence-corrected chi connectivity index (χ0v) is 21.9. The predicted octanol–water partition coefficient (Wildman–Crippen LogP) is 3.57. The molecule has 4 aromatic rings. The number of nitrogens with zero attached hydrogens (tertiary/aromatic N) is 5. The fourth-order valence-corrected chi connectivity index (χ4v) is 5.44. The molecule has 0 bridgehead atoms. The summed E-state index contributed by atoms with van der Waals surface area (Å²) in [5.41, 5.74) is 7.61. The van der Waals surface area contributed by atoms with Crippen LogP contribution >= 0.6 is 0 Å². The van der Waals surface area contributed by atoms with Gasteiger partial charge in [0, 0.05) is 18.8 Å². The Hall–Kier alpha value is -3.99. The van der Waals surface area contributed by atoms with Crippen molar-refractivity contribution in [3.8, 4) is 0 Å². The molecule has 3 N–H and O–H groups in total. The predicted molar refractivity (Wildman–Crippen MR) is 144 cm³/mol. The third kappa shape index (κ3) is 5.26. The third-order valence-corrected chi connectivity index (χ3v) is 8.03. The van der Waals surface area contributed by atoms with E-state index in [4.69, 9.17) is 10.5 Å². The van der Waals surface area contributed by atoms with Gasteiger partial charge in [0.15, 0.2) is 11.5 Å². The summed E-state index contributed by atoms with van der Waals surface area (Å²) >= 11 is 0. The molecule has 0 saturated heterocycles. The molecule has 37 heavy (non-hydrogen) atoms. The van der Waals surface area contributed by atoms with E-state index in [2.05, 4.69) is 9.97 Å². The van der Waals surface area contributed by atoms with E-state index >= 15 is 0 Å². The third-order valence-electron chi connectivity index (χ3n) is 6.27. The van der Waals surface area contributed by atoms with Crippen LogP contribution in [0.25, 0.3) is 11.2 Å². The minimum absolute atomic E-state index is 0.0418. The highest BCUT2D eigenvalue weighted by molar-refractivity contribution is 7.92. The lowest BCUT2D eigenvalue weighted by atomic mass is 10.1. The molecule has 0 radical (unpaired) electrons. The lowest BCUT2D eigenvalue weighted by Crippen LogP contribution is -2.43. The van der Waals surface area contributed by atoms with Crippen LogP contribution in [-0.2, 0) is 22.7 Å². The van der Waals surface area contributed by atoms with Crippen LogP contribution in [0.5, 0.6) is 0 Å². The van der Waals surface area contributed by atoms with Gasteiger partial charge in [-0.05, 0) is 30.9 Å². The first-order valence-electron chi connectivity index (χ1n) is 12.0. The first-order chi connectivity index (χ1) is 17.6. The Balaban J connectivity index is 1.85. The van der Waals surface area contributed by atoms with Gasteiger partial charge in [-0.3, -0.25) is 4.57 Å². The maximum Gasteiger partial charge on any atom is 0.339 e. The number of benzene rings is 2. The fraction of sp³-hybridized carbons (Fsp3) is 0.308. The summed E-state index contributed by atoms with van der Waals surface area (Å²) in [7, 11) is -1.69. The maximum atomic E-state index is 13.7. The number of nitrogens with two attached hydrogens (primary N) is 1. The largest absolute Gasteiger partial charge is 0.382 e. The van der Waals surface area contributed by atoms with Crippen LogP contribution < -0.4 is 11.4 Å². The number of carbonyl (C=O) groups is 1. The van der Waals surface area contributed by atoms with E-state index < -0.39 is 21.4 Å². The first kappa shape index (κ1) is 26.1. The van der Waals surface area contributed by atoms with Gasteiger partial charge in [0.2, 0.25) is 5.16 Å². The van der Waals surface area contributed by atoms with Crippen LogP contribution in [0.4, 0.5) is 10.6 Å². The van der Waals surface area contributed by atoms with Gasteiger partial charge in [-0.15, -0.1) is 0 Å². The number of carbonyl (C=O) groups excluding carboxylic acids is 1. The first-order valence-corrected chi connectivity index (χ1v) is 13.8. The van der Waals surface area contributed by atoms with Gasteiger partial charge in [-0.1, -0.05) is 67.6 Å². The number of rotatable bonds is 8. The van der Waals surface area contributed by atoms with Crippen molar-refractivity contribution in [3.05, 3.63) is 82.3 Å². The van der Waals surface area contributed by atoms with Crippen molar-refractivity contribution in [1.29, 1.82) is 4.78 Å². The second-order valence-electron chi connectivity index (χ2n) is 9.06. The maximum absolute atomic E-state index is 13.7. The fourth-order valence-electron chi connectivity index (χ4n) is 4.20. The molecule has 4 rings (SSSR count). The van der Waals surface area contributed by atoms with Crippen molar-refractivity contribution < 1.29 is 9.00 Å². The molecule has 0 fully saturated rings. The standard InChI is InChI=1S/C26H31N7O3S/c1-4-15-37(28,36)24-29-22(27)21-23(30-24)32(17-20-13-9-6-10-14-20)26(35)33(21)25(34)31(3)18(2)16-19-11-7-5-8-12-19/h5-14,18,28H,4,15-17H2,1-3H3,(H2,27,29,30). The van der Waals surface area contributed by atoms with Crippen LogP contribution in [0, 0.1) is 4.78 Å². The number of likely N-dealkylation sites (N-methyl/N-ethyl adjacent to an activating group) is 1. The van der Waals surface area contributed by atoms with E-state index in [1.807, 2.05) is 74.5 Å². The number of hydrogen-bond acceptors (Lipinski definition) is 7. The van der Waals surface area contributed by atoms with Gasteiger partial charge < -0.3 is 10.6 Å². The van der Waals surface area contributed by atoms with E-state index in [0.717, 1.165) is 15.7 Å². The van der Waals surface area contributed by atoms with E-state index in [1.165, 1.54) is 9.47 Å². The average Bonchev–Trinajstić information content (AvgIpc) is 3.16. The second-order valence-corrected chi connectivity index (χ2v) is 11.2. The number of imidazole rings is 1. The lowest BCUT2D eigenvalue weighted by molar-refractivity contribution is 0.195. The summed E-state index contributed by atoms with van der Waals surface area (Å²) in [4.78, 5) is 37.4. The quantitative estimate of drug-likeness (QED) is 0.340. The van der Waals surface area contributed by atoms with Gasteiger partial charge in [0.25, 0.3) is 0 Å². The monoisotopic (exact) mass is 521 g/mol. The van der Waals surface area contributed by atoms with Crippen LogP contribution in [-0.4, -0.2) is 53.1 Å². The Morgan fingerprint density at radius 3 is 2.27 bits per heavy atom. The molecule has 2 heterocycles. The molecule has 0 aliphatic heterocycles. The zero-order valence-electron chi connectivity index (χ0n) is 21.1. The number of hydrogen-bond donors (Lipinski definition) is 2. The minimum Gasteiger partial charge on any atom is -0.382 e. The van der Waals surface area contributed by atoms with Gasteiger partial charge in [0.1, 0.15) is 15.2 Å². The molecule has 11 heteroatoms. The van der Waals surface area contributed by atoms with E-state index in [1.54, 1.807) is 7.05 Å². The van der Waals surface area contributed by atoms with Gasteiger partial charge in [-0.2, -0.15) is 4.98 Å². The molecule has 0 saturated carbocycles. The molecular formula is C26H31N7O3S. The Bertz CT molecular complexity index is 1580. The van der Waals surface area contributed by atoms with Gasteiger partial charge in [-0.25, -0.2) is 28.1 Å². The second kappa shape index (κ2) is 10.6. The summed E-state index contributed by atoms with van der Waals surface area (Å²) in [6, 6.07) is 18.2. The molecule has 2 aromatic carbocycles. The summed E-state index contributed by atoms with van der Waals surface area (Å²) in [6.07, 6.45) is 1.08. The summed E-state index contributed by atoms with van der Waals surface area (Å²) in [5, 5.41) is -0.239. The Morgan fingerprint density at radius 2 is 1.68 bits per heavy atom. The van der Waals surface area contributed by atoms with Crippen LogP contribution in [0.15, 0.2) is 70.6 Å². The van der Waals surface area contributed by atoms with Gasteiger partial charge in [0.05, 0.1) is 6.54 Å². The molecule has 1 amide bonds. The summed E-state index contributed by atoms with van der Waals surface area (Å²) in [5.74, 6) is -0.113. The van der Waals surface area contributed by atoms with E-state index in [9.17, 15) is 13.8 Å². The normalized spacial score (nSPS) is 13.8. The van der Waals surface area contributed by atoms with Crippen molar-refractivity contribution >= 4 is 32.7 Å². The number of anilines is 1. The number of amides is 1. The highest BCUT2D eigenvalue weighted by Crippen LogP contribution is 2.22. The molecule has 2 atom stereocenters. The molecule has 2 unspecified atom stereocenters. The SMILES string of the molecule is CCCS(=N)(=O)c1nc(N)c2c(n1)n(Cc1ccccc1)c(=O)n2C(=O)N(C)C(C)Cc1ccccc1. The van der Waals surface area contributed by atoms with Crippen LogP contribution in [0.3, 0.4) is 0 Å². The van der Waals surface area contributed by atoms with Crippen molar-refractivity contribution in [1.82, 2.24) is 24.0 Å². The van der Waals surface area contributed by atoms with Crippen molar-refractivity contribution in [2.45, 2.75) is 44.4 Å². The molecule has 194 valence electrons.